The Kier molecular flexibility index (Phi) is 3.96. The van der Waals surface area contributed by atoms with E-state index >= 15 is 0 Å². The number of hydrogen-bond acceptors (Lipinski definition) is 1. The minimum absolute atomic E-state index is 0.0954. The summed E-state index contributed by atoms with van der Waals surface area (Å²) in [5.74, 6) is 0. The third-order valence-electron chi connectivity index (χ3n) is 1.63. The van der Waals surface area contributed by atoms with Crippen LogP contribution in [0.2, 0.25) is 0 Å². The van der Waals surface area contributed by atoms with Crippen molar-refractivity contribution in [3.63, 3.8) is 0 Å². The van der Waals surface area contributed by atoms with Crippen LogP contribution in [0.4, 0.5) is 0 Å². The Labute approximate surface area is 79.9 Å². The summed E-state index contributed by atoms with van der Waals surface area (Å²) >= 11 is 3.62. The molecule has 1 aliphatic rings. The summed E-state index contributed by atoms with van der Waals surface area (Å²) < 4.78 is 6.96. The highest BCUT2D eigenvalue weighted by Gasteiger charge is 2.22. The molecule has 3 heteroatoms. The van der Waals surface area contributed by atoms with Crippen molar-refractivity contribution in [3.8, 4) is 0 Å². The minimum atomic E-state index is 0.0954. The molecular formula is C8H14BrOS+. The van der Waals surface area contributed by atoms with Crippen LogP contribution in [0.3, 0.4) is 0 Å². The summed E-state index contributed by atoms with van der Waals surface area (Å²) in [7, 11) is 0. The van der Waals surface area contributed by atoms with E-state index in [1.807, 2.05) is 0 Å². The average molecular weight is 238 g/mol. The summed E-state index contributed by atoms with van der Waals surface area (Å²) in [6, 6.07) is 0. The molecule has 1 nitrogen and oxygen atoms in total. The Morgan fingerprint density at radius 3 is 2.91 bits per heavy atom. The molecule has 1 unspecified atom stereocenters. The second kappa shape index (κ2) is 4.53. The van der Waals surface area contributed by atoms with Gasteiger partial charge in [-0.05, 0) is 19.3 Å². The molecule has 0 fully saturated rings. The highest BCUT2D eigenvalue weighted by Crippen LogP contribution is 2.26. The van der Waals surface area contributed by atoms with Gasteiger partial charge >= 0.3 is 0 Å². The van der Waals surface area contributed by atoms with Gasteiger partial charge in [0.2, 0.25) is 0 Å². The van der Waals surface area contributed by atoms with E-state index < -0.39 is 0 Å². The van der Waals surface area contributed by atoms with Crippen molar-refractivity contribution in [2.75, 3.05) is 12.5 Å². The molecule has 0 heterocycles. The first-order chi connectivity index (χ1) is 5.20. The van der Waals surface area contributed by atoms with Crippen LogP contribution in [-0.2, 0) is 15.4 Å². The van der Waals surface area contributed by atoms with E-state index in [0.29, 0.717) is 6.10 Å². The van der Waals surface area contributed by atoms with Gasteiger partial charge in [-0.3, -0.25) is 0 Å². The van der Waals surface area contributed by atoms with Gasteiger partial charge in [-0.1, -0.05) is 22.0 Å². The van der Waals surface area contributed by atoms with E-state index in [1.54, 1.807) is 0 Å². The van der Waals surface area contributed by atoms with Crippen LogP contribution in [0.15, 0.2) is 10.6 Å². The second-order valence-corrected chi connectivity index (χ2v) is 5.44. The van der Waals surface area contributed by atoms with Crippen LogP contribution in [-0.4, -0.2) is 18.6 Å². The van der Waals surface area contributed by atoms with Crippen molar-refractivity contribution in [1.82, 2.24) is 0 Å². The predicted molar refractivity (Wildman–Crippen MR) is 54.9 cm³/mol. The lowest BCUT2D eigenvalue weighted by Gasteiger charge is -2.16. The molecule has 11 heavy (non-hydrogen) atoms. The van der Waals surface area contributed by atoms with Crippen LogP contribution >= 0.6 is 15.9 Å². The Morgan fingerprint density at radius 2 is 2.36 bits per heavy atom. The molecule has 0 aromatic carbocycles. The van der Waals surface area contributed by atoms with Gasteiger partial charge in [0.15, 0.2) is 0 Å². The quantitative estimate of drug-likeness (QED) is 0.672. The Balaban J connectivity index is 2.43. The summed E-state index contributed by atoms with van der Waals surface area (Å²) in [6.07, 6.45) is 10.4. The molecule has 0 radical (unpaired) electrons. The lowest BCUT2D eigenvalue weighted by atomic mass is 10.1. The standard InChI is InChI=1S/C8H14BrOS/c1-11(2)10-8-6-4-3-5-7(8)9/h5,8H,3-4,6H2,1-2H3/q+1. The van der Waals surface area contributed by atoms with Gasteiger partial charge in [-0.25, -0.2) is 0 Å². The monoisotopic (exact) mass is 237 g/mol. The van der Waals surface area contributed by atoms with E-state index in [1.165, 1.54) is 23.7 Å². The van der Waals surface area contributed by atoms with Gasteiger partial charge in [0.1, 0.15) is 29.8 Å². The van der Waals surface area contributed by atoms with Crippen LogP contribution in [0.25, 0.3) is 0 Å². The van der Waals surface area contributed by atoms with Crippen molar-refractivity contribution in [2.24, 2.45) is 0 Å². The third kappa shape index (κ3) is 3.18. The number of allylic oxidation sites excluding steroid dienone is 1. The van der Waals surface area contributed by atoms with Gasteiger partial charge in [0.25, 0.3) is 0 Å². The lowest BCUT2D eigenvalue weighted by molar-refractivity contribution is 0.262. The molecule has 0 aromatic heterocycles. The molecule has 0 saturated heterocycles. The van der Waals surface area contributed by atoms with Gasteiger partial charge in [-0.2, -0.15) is 4.18 Å². The molecule has 64 valence electrons. The van der Waals surface area contributed by atoms with Gasteiger partial charge in [-0.15, -0.1) is 0 Å². The first kappa shape index (κ1) is 9.62. The van der Waals surface area contributed by atoms with Gasteiger partial charge in [0.05, 0.1) is 0 Å². The molecule has 0 aromatic rings. The predicted octanol–water partition coefficient (Wildman–Crippen LogP) is 2.63. The fraction of sp³-hybridized carbons (Fsp3) is 0.750. The molecule has 0 N–H and O–H groups in total. The molecule has 0 bridgehead atoms. The zero-order chi connectivity index (χ0) is 8.27. The summed E-state index contributed by atoms with van der Waals surface area (Å²) in [6.45, 7) is 0. The van der Waals surface area contributed by atoms with Crippen molar-refractivity contribution < 1.29 is 4.18 Å². The first-order valence-electron chi connectivity index (χ1n) is 3.80. The average Bonchev–Trinajstić information content (AvgIpc) is 1.93. The number of rotatable bonds is 2. The van der Waals surface area contributed by atoms with Crippen LogP contribution in [0.5, 0.6) is 0 Å². The fourth-order valence-electron chi connectivity index (χ4n) is 1.14. The Morgan fingerprint density at radius 1 is 1.64 bits per heavy atom. The lowest BCUT2D eigenvalue weighted by Crippen LogP contribution is -2.19. The van der Waals surface area contributed by atoms with Crippen LogP contribution < -0.4 is 0 Å². The van der Waals surface area contributed by atoms with E-state index in [2.05, 4.69) is 34.5 Å². The molecule has 1 atom stereocenters. The van der Waals surface area contributed by atoms with Crippen LogP contribution in [0, 0.1) is 0 Å². The largest absolute Gasteiger partial charge is 0.166 e. The van der Waals surface area contributed by atoms with Gasteiger partial charge in [0, 0.05) is 4.48 Å². The van der Waals surface area contributed by atoms with Crippen LogP contribution in [0.1, 0.15) is 19.3 Å². The topological polar surface area (TPSA) is 9.23 Å². The highest BCUT2D eigenvalue weighted by molar-refractivity contribution is 9.11. The van der Waals surface area contributed by atoms with Crippen molar-refractivity contribution in [2.45, 2.75) is 25.4 Å². The molecular weight excluding hydrogens is 224 g/mol. The van der Waals surface area contributed by atoms with Crippen molar-refractivity contribution >= 4 is 27.1 Å². The molecule has 1 aliphatic carbocycles. The van der Waals surface area contributed by atoms with Gasteiger partial charge < -0.3 is 0 Å². The summed E-state index contributed by atoms with van der Waals surface area (Å²) in [4.78, 5) is 0. The summed E-state index contributed by atoms with van der Waals surface area (Å²) in [5, 5.41) is 0. The normalized spacial score (nSPS) is 25.5. The molecule has 0 saturated carbocycles. The first-order valence-corrected chi connectivity index (χ1v) is 6.56. The summed E-state index contributed by atoms with van der Waals surface area (Å²) in [5.41, 5.74) is 0. The van der Waals surface area contributed by atoms with E-state index in [-0.39, 0.29) is 11.2 Å². The zero-order valence-corrected chi connectivity index (χ0v) is 9.37. The SMILES string of the molecule is C[S+](C)OC1CCCC=C1Br. The number of halogens is 1. The maximum atomic E-state index is 5.72. The molecule has 0 amide bonds. The smallest absolute Gasteiger partial charge is 0.145 e. The van der Waals surface area contributed by atoms with E-state index in [9.17, 15) is 0 Å². The van der Waals surface area contributed by atoms with E-state index in [0.717, 1.165) is 0 Å². The second-order valence-electron chi connectivity index (χ2n) is 2.85. The minimum Gasteiger partial charge on any atom is -0.166 e. The van der Waals surface area contributed by atoms with Crippen molar-refractivity contribution in [3.05, 3.63) is 10.6 Å². The number of hydrogen-bond donors (Lipinski definition) is 0. The Hall–Kier alpha value is 0.530. The van der Waals surface area contributed by atoms with Crippen molar-refractivity contribution in [1.29, 1.82) is 0 Å². The Bertz CT molecular complexity index is 156. The third-order valence-corrected chi connectivity index (χ3v) is 3.08. The maximum Gasteiger partial charge on any atom is 0.145 e. The van der Waals surface area contributed by atoms with E-state index in [4.69, 9.17) is 4.18 Å². The molecule has 1 rings (SSSR count). The maximum absolute atomic E-state index is 5.72. The molecule has 0 aliphatic heterocycles. The molecule has 0 spiro atoms. The highest BCUT2D eigenvalue weighted by atomic mass is 79.9. The zero-order valence-electron chi connectivity index (χ0n) is 6.97. The fourth-order valence-corrected chi connectivity index (χ4v) is 2.48.